The minimum atomic E-state index is -0.122. The van der Waals surface area contributed by atoms with Gasteiger partial charge in [0.25, 0.3) is 5.91 Å². The minimum Gasteiger partial charge on any atom is -0.485 e. The molecule has 1 amide bonds. The SMILES string of the molecule is Cc1nc(COc2ccc(C(=O)N[C@H]3CCSc4ccc(Cl)cc43)cc2)no1. The highest BCUT2D eigenvalue weighted by molar-refractivity contribution is 7.99. The Morgan fingerprint density at radius 1 is 1.32 bits per heavy atom. The fourth-order valence-corrected chi connectivity index (χ4v) is 4.29. The van der Waals surface area contributed by atoms with Crippen molar-refractivity contribution in [3.8, 4) is 5.75 Å². The van der Waals surface area contributed by atoms with Gasteiger partial charge in [-0.1, -0.05) is 16.8 Å². The van der Waals surface area contributed by atoms with Gasteiger partial charge in [0.15, 0.2) is 6.61 Å². The molecule has 3 aromatic rings. The lowest BCUT2D eigenvalue weighted by Crippen LogP contribution is -2.30. The molecule has 0 aliphatic carbocycles. The first-order valence-electron chi connectivity index (χ1n) is 8.83. The number of fused-ring (bicyclic) bond motifs is 1. The Labute approximate surface area is 171 Å². The Morgan fingerprint density at radius 2 is 2.14 bits per heavy atom. The minimum absolute atomic E-state index is 0.0418. The van der Waals surface area contributed by atoms with Crippen molar-refractivity contribution >= 4 is 29.3 Å². The summed E-state index contributed by atoms with van der Waals surface area (Å²) in [6.07, 6.45) is 0.870. The van der Waals surface area contributed by atoms with E-state index < -0.39 is 0 Å². The van der Waals surface area contributed by atoms with Gasteiger partial charge in [-0.2, -0.15) is 4.98 Å². The van der Waals surface area contributed by atoms with Crippen molar-refractivity contribution < 1.29 is 14.1 Å². The quantitative estimate of drug-likeness (QED) is 0.657. The van der Waals surface area contributed by atoms with Crippen molar-refractivity contribution in [2.24, 2.45) is 0 Å². The smallest absolute Gasteiger partial charge is 0.251 e. The summed E-state index contributed by atoms with van der Waals surface area (Å²) in [7, 11) is 0. The zero-order valence-corrected chi connectivity index (χ0v) is 16.7. The van der Waals surface area contributed by atoms with Crippen LogP contribution in [0.2, 0.25) is 5.02 Å². The van der Waals surface area contributed by atoms with Gasteiger partial charge in [0.2, 0.25) is 11.7 Å². The number of aryl methyl sites for hydroxylation is 1. The van der Waals surface area contributed by atoms with Crippen LogP contribution in [0.25, 0.3) is 0 Å². The number of nitrogens with zero attached hydrogens (tertiary/aromatic N) is 2. The number of carbonyl (C=O) groups is 1. The molecular formula is C20H18ClN3O3S. The molecule has 1 aliphatic rings. The maximum absolute atomic E-state index is 12.7. The maximum atomic E-state index is 12.7. The van der Waals surface area contributed by atoms with Crippen LogP contribution in [0.15, 0.2) is 51.9 Å². The summed E-state index contributed by atoms with van der Waals surface area (Å²) in [5, 5.41) is 7.57. The molecule has 4 rings (SSSR count). The molecule has 1 atom stereocenters. The maximum Gasteiger partial charge on any atom is 0.251 e. The lowest BCUT2D eigenvalue weighted by Gasteiger charge is -2.26. The zero-order valence-electron chi connectivity index (χ0n) is 15.1. The third-order valence-electron chi connectivity index (χ3n) is 4.37. The molecule has 0 bridgehead atoms. The van der Waals surface area contributed by atoms with Gasteiger partial charge in [-0.05, 0) is 54.4 Å². The van der Waals surface area contributed by atoms with Crippen molar-refractivity contribution in [2.75, 3.05) is 5.75 Å². The van der Waals surface area contributed by atoms with Crippen molar-refractivity contribution in [2.45, 2.75) is 30.9 Å². The summed E-state index contributed by atoms with van der Waals surface area (Å²) in [6, 6.07) is 12.8. The third kappa shape index (κ3) is 4.31. The molecule has 1 aromatic heterocycles. The molecule has 2 heterocycles. The lowest BCUT2D eigenvalue weighted by atomic mass is 10.0. The fourth-order valence-electron chi connectivity index (χ4n) is 3.01. The Kier molecular flexibility index (Phi) is 5.54. The average molecular weight is 416 g/mol. The molecule has 2 aromatic carbocycles. The summed E-state index contributed by atoms with van der Waals surface area (Å²) < 4.78 is 10.5. The van der Waals surface area contributed by atoms with Gasteiger partial charge in [0.1, 0.15) is 5.75 Å². The molecule has 0 saturated carbocycles. The number of halogens is 1. The zero-order chi connectivity index (χ0) is 19.5. The number of carbonyl (C=O) groups excluding carboxylic acids is 1. The van der Waals surface area contributed by atoms with E-state index in [1.807, 2.05) is 18.2 Å². The predicted octanol–water partition coefficient (Wildman–Crippen LogP) is 4.58. The van der Waals surface area contributed by atoms with Gasteiger partial charge in [-0.3, -0.25) is 4.79 Å². The van der Waals surface area contributed by atoms with Crippen molar-refractivity contribution in [3.05, 3.63) is 70.3 Å². The third-order valence-corrected chi connectivity index (χ3v) is 5.73. The Hall–Kier alpha value is -2.51. The second-order valence-electron chi connectivity index (χ2n) is 6.39. The number of hydrogen-bond acceptors (Lipinski definition) is 6. The highest BCUT2D eigenvalue weighted by Gasteiger charge is 2.23. The monoisotopic (exact) mass is 415 g/mol. The highest BCUT2D eigenvalue weighted by atomic mass is 35.5. The highest BCUT2D eigenvalue weighted by Crippen LogP contribution is 2.37. The van der Waals surface area contributed by atoms with E-state index >= 15 is 0 Å². The van der Waals surface area contributed by atoms with Crippen LogP contribution >= 0.6 is 23.4 Å². The van der Waals surface area contributed by atoms with E-state index in [0.717, 1.165) is 17.7 Å². The molecule has 1 N–H and O–H groups in total. The van der Waals surface area contributed by atoms with E-state index in [-0.39, 0.29) is 18.6 Å². The molecule has 144 valence electrons. The summed E-state index contributed by atoms with van der Waals surface area (Å²) >= 11 is 7.93. The topological polar surface area (TPSA) is 77.2 Å². The van der Waals surface area contributed by atoms with Crippen molar-refractivity contribution in [1.82, 2.24) is 15.5 Å². The molecule has 6 nitrogen and oxygen atoms in total. The van der Waals surface area contributed by atoms with Gasteiger partial charge in [-0.25, -0.2) is 0 Å². The van der Waals surface area contributed by atoms with E-state index in [9.17, 15) is 4.79 Å². The summed E-state index contributed by atoms with van der Waals surface area (Å²) in [5.41, 5.74) is 1.65. The molecule has 28 heavy (non-hydrogen) atoms. The summed E-state index contributed by atoms with van der Waals surface area (Å²) in [4.78, 5) is 17.9. The number of nitrogens with one attached hydrogen (secondary N) is 1. The molecule has 0 saturated heterocycles. The Balaban J connectivity index is 1.40. The number of rotatable bonds is 5. The molecule has 0 fully saturated rings. The van der Waals surface area contributed by atoms with Gasteiger partial charge in [0, 0.05) is 28.2 Å². The van der Waals surface area contributed by atoms with Crippen LogP contribution in [0, 0.1) is 6.92 Å². The van der Waals surface area contributed by atoms with Crippen LogP contribution in [0.4, 0.5) is 0 Å². The predicted molar refractivity (Wildman–Crippen MR) is 107 cm³/mol. The summed E-state index contributed by atoms with van der Waals surface area (Å²) in [6.45, 7) is 1.93. The second kappa shape index (κ2) is 8.24. The first kappa shape index (κ1) is 18.8. The number of thioether (sulfide) groups is 1. The van der Waals surface area contributed by atoms with E-state index in [0.29, 0.717) is 28.1 Å². The van der Waals surface area contributed by atoms with Gasteiger partial charge >= 0.3 is 0 Å². The lowest BCUT2D eigenvalue weighted by molar-refractivity contribution is 0.0935. The van der Waals surface area contributed by atoms with Crippen LogP contribution in [-0.4, -0.2) is 21.8 Å². The largest absolute Gasteiger partial charge is 0.485 e. The average Bonchev–Trinajstić information content (AvgIpc) is 3.12. The number of aromatic nitrogens is 2. The number of ether oxygens (including phenoxy) is 1. The standard InChI is InChI=1S/C20H18ClN3O3S/c1-12-22-19(24-27-12)11-26-15-5-2-13(3-6-15)20(25)23-17-8-9-28-18-7-4-14(21)10-16(17)18/h2-7,10,17H,8-9,11H2,1H3,(H,23,25)/t17-/m0/s1. The van der Waals surface area contributed by atoms with Crippen LogP contribution in [-0.2, 0) is 6.61 Å². The number of hydrogen-bond donors (Lipinski definition) is 1. The van der Waals surface area contributed by atoms with Gasteiger partial charge in [-0.15, -0.1) is 11.8 Å². The molecule has 0 unspecified atom stereocenters. The Bertz CT molecular complexity index is 991. The summed E-state index contributed by atoms with van der Waals surface area (Å²) in [5.74, 6) is 2.44. The van der Waals surface area contributed by atoms with Crippen LogP contribution in [0.1, 0.15) is 40.1 Å². The van der Waals surface area contributed by atoms with E-state index in [1.54, 1.807) is 43.0 Å². The molecular weight excluding hydrogens is 398 g/mol. The van der Waals surface area contributed by atoms with Gasteiger partial charge in [0.05, 0.1) is 6.04 Å². The first-order valence-corrected chi connectivity index (χ1v) is 10.2. The van der Waals surface area contributed by atoms with E-state index in [4.69, 9.17) is 20.9 Å². The Morgan fingerprint density at radius 3 is 2.89 bits per heavy atom. The fraction of sp³-hybridized carbons (Fsp3) is 0.250. The van der Waals surface area contributed by atoms with Crippen LogP contribution in [0.5, 0.6) is 5.75 Å². The number of amides is 1. The molecule has 0 radical (unpaired) electrons. The van der Waals surface area contributed by atoms with Crippen LogP contribution < -0.4 is 10.1 Å². The second-order valence-corrected chi connectivity index (χ2v) is 7.96. The van der Waals surface area contributed by atoms with E-state index in [2.05, 4.69) is 15.5 Å². The first-order chi connectivity index (χ1) is 13.6. The van der Waals surface area contributed by atoms with Crippen LogP contribution in [0.3, 0.4) is 0 Å². The van der Waals surface area contributed by atoms with Gasteiger partial charge < -0.3 is 14.6 Å². The molecule has 1 aliphatic heterocycles. The molecule has 0 spiro atoms. The van der Waals surface area contributed by atoms with E-state index in [1.165, 1.54) is 4.90 Å². The van der Waals surface area contributed by atoms with Crippen molar-refractivity contribution in [1.29, 1.82) is 0 Å². The normalized spacial score (nSPS) is 15.7. The van der Waals surface area contributed by atoms with Crippen molar-refractivity contribution in [3.63, 3.8) is 0 Å². The molecule has 8 heteroatoms. The number of benzene rings is 2.